The van der Waals surface area contributed by atoms with Crippen LogP contribution in [0.15, 0.2) is 12.5 Å². The molecular weight excluding hydrogens is 246 g/mol. The normalized spacial score (nSPS) is 23.0. The Hall–Kier alpha value is -1.73. The number of H-pyrrole nitrogens is 1. The lowest BCUT2D eigenvalue weighted by molar-refractivity contribution is 0.133. The van der Waals surface area contributed by atoms with Gasteiger partial charge in [-0.1, -0.05) is 0 Å². The molecule has 1 fully saturated rings. The van der Waals surface area contributed by atoms with Crippen molar-refractivity contribution in [2.45, 2.75) is 12.8 Å². The average molecular weight is 263 g/mol. The van der Waals surface area contributed by atoms with Gasteiger partial charge in [-0.25, -0.2) is 9.97 Å². The summed E-state index contributed by atoms with van der Waals surface area (Å²) >= 11 is 0. The molecule has 1 saturated heterocycles. The number of anilines is 1. The minimum Gasteiger partial charge on any atom is -0.396 e. The van der Waals surface area contributed by atoms with Crippen LogP contribution in [0.3, 0.4) is 0 Å². The fourth-order valence-corrected chi connectivity index (χ4v) is 2.49. The van der Waals surface area contributed by atoms with Gasteiger partial charge in [-0.2, -0.15) is 5.10 Å². The van der Waals surface area contributed by atoms with Crippen LogP contribution in [0.25, 0.3) is 11.0 Å². The van der Waals surface area contributed by atoms with E-state index in [0.717, 1.165) is 42.8 Å². The maximum Gasteiger partial charge on any atom is 0.160 e. The molecule has 3 N–H and O–H groups in total. The van der Waals surface area contributed by atoms with E-state index in [1.807, 2.05) is 0 Å². The monoisotopic (exact) mass is 263 g/mol. The van der Waals surface area contributed by atoms with Gasteiger partial charge in [-0.3, -0.25) is 5.10 Å². The highest BCUT2D eigenvalue weighted by atomic mass is 16.5. The van der Waals surface area contributed by atoms with Crippen molar-refractivity contribution in [1.29, 1.82) is 0 Å². The zero-order valence-electron chi connectivity index (χ0n) is 10.6. The summed E-state index contributed by atoms with van der Waals surface area (Å²) in [4.78, 5) is 8.35. The summed E-state index contributed by atoms with van der Waals surface area (Å²) in [6.07, 6.45) is 4.91. The molecule has 2 aromatic heterocycles. The van der Waals surface area contributed by atoms with Gasteiger partial charge >= 0.3 is 0 Å². The maximum absolute atomic E-state index is 9.20. The second kappa shape index (κ2) is 5.10. The summed E-state index contributed by atoms with van der Waals surface area (Å²) in [7, 11) is 0. The van der Waals surface area contributed by atoms with Crippen molar-refractivity contribution in [2.24, 2.45) is 5.41 Å². The van der Waals surface area contributed by atoms with Crippen molar-refractivity contribution in [1.82, 2.24) is 20.2 Å². The molecule has 3 rings (SSSR count). The number of rotatable bonds is 5. The number of aliphatic hydroxyl groups is 1. The molecule has 102 valence electrons. The third-order valence-corrected chi connectivity index (χ3v) is 3.71. The molecule has 0 saturated carbocycles. The number of aromatic amines is 1. The molecule has 3 heterocycles. The van der Waals surface area contributed by atoms with Crippen molar-refractivity contribution < 1.29 is 9.84 Å². The lowest BCUT2D eigenvalue weighted by atomic mass is 9.84. The van der Waals surface area contributed by atoms with E-state index >= 15 is 0 Å². The summed E-state index contributed by atoms with van der Waals surface area (Å²) in [5, 5.41) is 20.2. The van der Waals surface area contributed by atoms with Gasteiger partial charge in [0.2, 0.25) is 0 Å². The molecule has 7 nitrogen and oxygen atoms in total. The molecule has 1 aliphatic heterocycles. The van der Waals surface area contributed by atoms with Gasteiger partial charge in [0.1, 0.15) is 12.1 Å². The van der Waals surface area contributed by atoms with Crippen molar-refractivity contribution in [2.75, 3.05) is 31.7 Å². The summed E-state index contributed by atoms with van der Waals surface area (Å²) in [6, 6.07) is 0. The number of nitrogens with one attached hydrogen (secondary N) is 2. The highest BCUT2D eigenvalue weighted by molar-refractivity contribution is 5.85. The van der Waals surface area contributed by atoms with Crippen LogP contribution in [0.2, 0.25) is 0 Å². The Morgan fingerprint density at radius 2 is 2.42 bits per heavy atom. The van der Waals surface area contributed by atoms with Crippen LogP contribution in [0.1, 0.15) is 12.8 Å². The predicted octanol–water partition coefficient (Wildman–Crippen LogP) is 0.554. The van der Waals surface area contributed by atoms with E-state index in [4.69, 9.17) is 4.74 Å². The van der Waals surface area contributed by atoms with Gasteiger partial charge < -0.3 is 15.2 Å². The molecule has 1 aliphatic rings. The first-order valence-electron chi connectivity index (χ1n) is 6.40. The third kappa shape index (κ3) is 2.39. The van der Waals surface area contributed by atoms with Gasteiger partial charge in [0.05, 0.1) is 18.2 Å². The van der Waals surface area contributed by atoms with Crippen molar-refractivity contribution in [3.63, 3.8) is 0 Å². The van der Waals surface area contributed by atoms with Crippen LogP contribution in [0.4, 0.5) is 5.82 Å². The molecule has 0 radical (unpaired) electrons. The number of hydrogen-bond donors (Lipinski definition) is 3. The fraction of sp³-hybridized carbons (Fsp3) is 0.583. The van der Waals surface area contributed by atoms with Gasteiger partial charge in [-0.05, 0) is 12.8 Å². The maximum atomic E-state index is 9.20. The predicted molar refractivity (Wildman–Crippen MR) is 69.7 cm³/mol. The minimum atomic E-state index is -0.00421. The third-order valence-electron chi connectivity index (χ3n) is 3.71. The first kappa shape index (κ1) is 12.3. The van der Waals surface area contributed by atoms with Crippen LogP contribution in [0.5, 0.6) is 0 Å². The second-order valence-electron chi connectivity index (χ2n) is 4.98. The lowest BCUT2D eigenvalue weighted by Gasteiger charge is -2.27. The molecule has 7 heteroatoms. The number of nitrogens with zero attached hydrogens (tertiary/aromatic N) is 3. The van der Waals surface area contributed by atoms with E-state index in [0.29, 0.717) is 6.61 Å². The molecular formula is C12H17N5O2. The highest BCUT2D eigenvalue weighted by Gasteiger charge is 2.34. The Morgan fingerprint density at radius 3 is 3.21 bits per heavy atom. The minimum absolute atomic E-state index is 0.00421. The van der Waals surface area contributed by atoms with Crippen LogP contribution in [-0.4, -0.2) is 51.6 Å². The SMILES string of the molecule is OCCC1(CNc2ncnc3[nH]ncc23)CCOC1. The van der Waals surface area contributed by atoms with E-state index in [1.165, 1.54) is 6.33 Å². The number of aliphatic hydroxyl groups excluding tert-OH is 1. The smallest absolute Gasteiger partial charge is 0.160 e. The Morgan fingerprint density at radius 1 is 1.47 bits per heavy atom. The molecule has 0 aliphatic carbocycles. The molecule has 0 bridgehead atoms. The average Bonchev–Trinajstić information content (AvgIpc) is 3.06. The van der Waals surface area contributed by atoms with Crippen molar-refractivity contribution in [3.05, 3.63) is 12.5 Å². The van der Waals surface area contributed by atoms with E-state index in [1.54, 1.807) is 6.20 Å². The number of fused-ring (bicyclic) bond motifs is 1. The summed E-state index contributed by atoms with van der Waals surface area (Å²) < 4.78 is 5.47. The zero-order chi connectivity index (χ0) is 13.1. The van der Waals surface area contributed by atoms with E-state index in [2.05, 4.69) is 25.5 Å². The molecule has 19 heavy (non-hydrogen) atoms. The summed E-state index contributed by atoms with van der Waals surface area (Å²) in [5.74, 6) is 0.767. The first-order chi connectivity index (χ1) is 9.33. The fourth-order valence-electron chi connectivity index (χ4n) is 2.49. The van der Waals surface area contributed by atoms with Gasteiger partial charge in [-0.15, -0.1) is 0 Å². The highest BCUT2D eigenvalue weighted by Crippen LogP contribution is 2.32. The molecule has 1 unspecified atom stereocenters. The van der Waals surface area contributed by atoms with Crippen molar-refractivity contribution >= 4 is 16.9 Å². The van der Waals surface area contributed by atoms with Gasteiger partial charge in [0, 0.05) is 25.2 Å². The quantitative estimate of drug-likeness (QED) is 0.729. The standard InChI is InChI=1S/C12H17N5O2/c18-3-1-12(2-4-19-7-12)6-13-10-9-5-16-17-11(9)15-8-14-10/h5,8,18H,1-4,6-7H2,(H2,13,14,15,16,17). The Bertz CT molecular complexity index is 550. The van der Waals surface area contributed by atoms with Gasteiger partial charge in [0.15, 0.2) is 5.65 Å². The molecule has 1 atom stereocenters. The summed E-state index contributed by atoms with van der Waals surface area (Å²) in [6.45, 7) is 2.34. The van der Waals surface area contributed by atoms with Crippen molar-refractivity contribution in [3.8, 4) is 0 Å². The van der Waals surface area contributed by atoms with Crippen LogP contribution >= 0.6 is 0 Å². The van der Waals surface area contributed by atoms with Crippen LogP contribution < -0.4 is 5.32 Å². The largest absolute Gasteiger partial charge is 0.396 e. The number of hydrogen-bond acceptors (Lipinski definition) is 6. The Balaban J connectivity index is 1.76. The number of aromatic nitrogens is 4. The lowest BCUT2D eigenvalue weighted by Crippen LogP contribution is -2.31. The molecule has 0 spiro atoms. The van der Waals surface area contributed by atoms with E-state index in [9.17, 15) is 5.11 Å². The van der Waals surface area contributed by atoms with E-state index in [-0.39, 0.29) is 12.0 Å². The number of ether oxygens (including phenoxy) is 1. The molecule has 0 amide bonds. The van der Waals surface area contributed by atoms with E-state index < -0.39 is 0 Å². The Kier molecular flexibility index (Phi) is 3.31. The molecule has 2 aromatic rings. The molecule has 0 aromatic carbocycles. The topological polar surface area (TPSA) is 96.0 Å². The first-order valence-corrected chi connectivity index (χ1v) is 6.40. The summed E-state index contributed by atoms with van der Waals surface area (Å²) in [5.41, 5.74) is 0.715. The van der Waals surface area contributed by atoms with Crippen LogP contribution in [-0.2, 0) is 4.74 Å². The second-order valence-corrected chi connectivity index (χ2v) is 4.98. The van der Waals surface area contributed by atoms with Gasteiger partial charge in [0.25, 0.3) is 0 Å². The Labute approximate surface area is 110 Å². The zero-order valence-corrected chi connectivity index (χ0v) is 10.6. The van der Waals surface area contributed by atoms with Crippen LogP contribution in [0, 0.1) is 5.41 Å².